The molecular formula is C23H24N4O5S2. The monoisotopic (exact) mass is 500 g/mol. The van der Waals surface area contributed by atoms with Crippen molar-refractivity contribution in [3.05, 3.63) is 76.9 Å². The van der Waals surface area contributed by atoms with Crippen LogP contribution in [0.3, 0.4) is 0 Å². The number of likely N-dealkylation sites (tertiary alicyclic amines) is 1. The Morgan fingerprint density at radius 1 is 1.09 bits per heavy atom. The van der Waals surface area contributed by atoms with Crippen LogP contribution in [-0.2, 0) is 14.8 Å². The average molecular weight is 501 g/mol. The molecule has 1 saturated heterocycles. The molecule has 34 heavy (non-hydrogen) atoms. The normalized spacial score (nSPS) is 15.6. The predicted molar refractivity (Wildman–Crippen MR) is 128 cm³/mol. The van der Waals surface area contributed by atoms with Crippen molar-refractivity contribution in [2.75, 3.05) is 17.8 Å². The molecule has 1 aromatic heterocycles. The maximum Gasteiger partial charge on any atom is 0.357 e. The number of aromatic nitrogens is 1. The summed E-state index contributed by atoms with van der Waals surface area (Å²) in [7, 11) is -3.95. The van der Waals surface area contributed by atoms with Crippen molar-refractivity contribution in [3.8, 4) is 0 Å². The maximum absolute atomic E-state index is 12.8. The summed E-state index contributed by atoms with van der Waals surface area (Å²) in [6.45, 7) is 1.16. The first-order valence-electron chi connectivity index (χ1n) is 10.6. The summed E-state index contributed by atoms with van der Waals surface area (Å²) in [6.07, 6.45) is 1.50. The van der Waals surface area contributed by atoms with Gasteiger partial charge >= 0.3 is 5.97 Å². The third-order valence-corrected chi connectivity index (χ3v) is 8.13. The fraction of sp³-hybridized carbons (Fsp3) is 0.261. The van der Waals surface area contributed by atoms with E-state index in [2.05, 4.69) is 9.71 Å². The lowest BCUT2D eigenvalue weighted by molar-refractivity contribution is -0.133. The van der Waals surface area contributed by atoms with Gasteiger partial charge in [-0.15, -0.1) is 11.3 Å². The molecule has 178 valence electrons. The van der Waals surface area contributed by atoms with E-state index in [9.17, 15) is 18.0 Å². The van der Waals surface area contributed by atoms with E-state index in [-0.39, 0.29) is 27.4 Å². The molecule has 3 aromatic rings. The highest BCUT2D eigenvalue weighted by Gasteiger charge is 2.28. The number of piperidine rings is 1. The molecule has 2 heterocycles. The van der Waals surface area contributed by atoms with E-state index in [4.69, 9.17) is 10.8 Å². The van der Waals surface area contributed by atoms with E-state index in [1.54, 1.807) is 17.0 Å². The lowest BCUT2D eigenvalue weighted by Gasteiger charge is -2.34. The highest BCUT2D eigenvalue weighted by Crippen LogP contribution is 2.30. The fourth-order valence-corrected chi connectivity index (χ4v) is 5.99. The van der Waals surface area contributed by atoms with Gasteiger partial charge in [-0.05, 0) is 42.0 Å². The first kappa shape index (κ1) is 23.9. The molecule has 0 spiro atoms. The molecule has 1 fully saturated rings. The van der Waals surface area contributed by atoms with Gasteiger partial charge in [-0.1, -0.05) is 42.5 Å². The van der Waals surface area contributed by atoms with Gasteiger partial charge < -0.3 is 15.7 Å². The van der Waals surface area contributed by atoms with E-state index in [0.717, 1.165) is 35.3 Å². The molecule has 1 aliphatic rings. The van der Waals surface area contributed by atoms with Crippen LogP contribution in [0.4, 0.5) is 5.00 Å². The minimum absolute atomic E-state index is 0.0300. The smallest absolute Gasteiger partial charge is 0.357 e. The van der Waals surface area contributed by atoms with Crippen molar-refractivity contribution in [2.45, 2.75) is 29.7 Å². The summed E-state index contributed by atoms with van der Waals surface area (Å²) in [5.74, 6) is -1.20. The van der Waals surface area contributed by atoms with Crippen LogP contribution in [0.5, 0.6) is 0 Å². The first-order valence-corrected chi connectivity index (χ1v) is 13.0. The van der Waals surface area contributed by atoms with Crippen LogP contribution < -0.4 is 10.5 Å². The van der Waals surface area contributed by atoms with Crippen molar-refractivity contribution >= 4 is 38.2 Å². The SMILES string of the molecule is NC(C(=O)N1CCC(c2ccc(S(=O)(=O)Nc3scnc3C(=O)O)cc2)CC1)c1ccccc1. The number of carboxylic acids is 1. The van der Waals surface area contributed by atoms with E-state index in [1.807, 2.05) is 30.3 Å². The third-order valence-electron chi connectivity index (χ3n) is 5.89. The second-order valence-corrected chi connectivity index (χ2v) is 10.5. The lowest BCUT2D eigenvalue weighted by atomic mass is 9.89. The van der Waals surface area contributed by atoms with E-state index in [0.29, 0.717) is 13.1 Å². The van der Waals surface area contributed by atoms with Crippen LogP contribution in [0.1, 0.15) is 46.4 Å². The number of carbonyl (C=O) groups excluding carboxylic acids is 1. The Bertz CT molecular complexity index is 1270. The second-order valence-electron chi connectivity index (χ2n) is 8.00. The van der Waals surface area contributed by atoms with E-state index < -0.39 is 22.0 Å². The number of thiazole rings is 1. The summed E-state index contributed by atoms with van der Waals surface area (Å²) in [5, 5.41) is 9.08. The molecule has 4 rings (SSSR count). The highest BCUT2D eigenvalue weighted by atomic mass is 32.2. The quantitative estimate of drug-likeness (QED) is 0.452. The van der Waals surface area contributed by atoms with Crippen LogP contribution in [0, 0.1) is 0 Å². The van der Waals surface area contributed by atoms with Crippen LogP contribution in [0.25, 0.3) is 0 Å². The first-order chi connectivity index (χ1) is 16.3. The molecule has 1 unspecified atom stereocenters. The van der Waals surface area contributed by atoms with Crippen molar-refractivity contribution < 1.29 is 23.1 Å². The molecule has 0 saturated carbocycles. The Morgan fingerprint density at radius 3 is 2.35 bits per heavy atom. The van der Waals surface area contributed by atoms with E-state index in [1.165, 1.54) is 17.6 Å². The standard InChI is InChI=1S/C23H24N4O5S2/c24-19(17-4-2-1-3-5-17)22(28)27-12-10-16(11-13-27)15-6-8-18(9-7-15)34(31,32)26-21-20(23(29)30)25-14-33-21/h1-9,14,16,19,26H,10-13,24H2,(H,29,30). The van der Waals surface area contributed by atoms with Gasteiger partial charge in [0, 0.05) is 13.1 Å². The van der Waals surface area contributed by atoms with Gasteiger partial charge in [0.25, 0.3) is 10.0 Å². The van der Waals surface area contributed by atoms with Gasteiger partial charge in [0.1, 0.15) is 11.0 Å². The molecule has 0 bridgehead atoms. The molecule has 1 atom stereocenters. The molecule has 2 aromatic carbocycles. The molecule has 0 aliphatic carbocycles. The Kier molecular flexibility index (Phi) is 6.96. The fourth-order valence-electron chi connectivity index (χ4n) is 4.00. The third kappa shape index (κ3) is 5.11. The summed E-state index contributed by atoms with van der Waals surface area (Å²) >= 11 is 0.905. The number of nitrogens with one attached hydrogen (secondary N) is 1. The topological polar surface area (TPSA) is 143 Å². The number of aromatic carboxylic acids is 1. The number of sulfonamides is 1. The Morgan fingerprint density at radius 2 is 1.74 bits per heavy atom. The largest absolute Gasteiger partial charge is 0.476 e. The number of nitrogens with two attached hydrogens (primary N) is 1. The Balaban J connectivity index is 1.38. The van der Waals surface area contributed by atoms with Crippen molar-refractivity contribution in [1.82, 2.24) is 9.88 Å². The summed E-state index contributed by atoms with van der Waals surface area (Å²) < 4.78 is 27.7. The zero-order valence-corrected chi connectivity index (χ0v) is 19.8. The number of amides is 1. The zero-order valence-electron chi connectivity index (χ0n) is 18.1. The number of hydrogen-bond acceptors (Lipinski definition) is 7. The van der Waals surface area contributed by atoms with Crippen LogP contribution in [0.15, 0.2) is 65.0 Å². The minimum atomic E-state index is -3.95. The molecule has 1 aliphatic heterocycles. The molecule has 9 nitrogen and oxygen atoms in total. The van der Waals surface area contributed by atoms with Crippen LogP contribution in [-0.4, -0.2) is 48.4 Å². The minimum Gasteiger partial charge on any atom is -0.476 e. The number of rotatable bonds is 7. The molecule has 11 heteroatoms. The Hall–Kier alpha value is -3.28. The molecule has 4 N–H and O–H groups in total. The number of carbonyl (C=O) groups is 2. The molecule has 1 amide bonds. The van der Waals surface area contributed by atoms with Gasteiger partial charge in [-0.25, -0.2) is 18.2 Å². The summed E-state index contributed by atoms with van der Waals surface area (Å²) in [5.41, 5.74) is 8.87. The van der Waals surface area contributed by atoms with Crippen molar-refractivity contribution in [2.24, 2.45) is 5.73 Å². The number of carboxylic acid groups (broad SMARTS) is 1. The zero-order chi connectivity index (χ0) is 24.3. The van der Waals surface area contributed by atoms with Gasteiger partial charge in [0.15, 0.2) is 5.69 Å². The number of hydrogen-bond donors (Lipinski definition) is 3. The summed E-state index contributed by atoms with van der Waals surface area (Å²) in [6, 6.07) is 15.1. The highest BCUT2D eigenvalue weighted by molar-refractivity contribution is 7.93. The average Bonchev–Trinajstić information content (AvgIpc) is 3.31. The molecular weight excluding hydrogens is 476 g/mol. The van der Waals surface area contributed by atoms with Crippen LogP contribution >= 0.6 is 11.3 Å². The van der Waals surface area contributed by atoms with E-state index >= 15 is 0 Å². The second kappa shape index (κ2) is 9.92. The van der Waals surface area contributed by atoms with Crippen molar-refractivity contribution in [3.63, 3.8) is 0 Å². The predicted octanol–water partition coefficient (Wildman–Crippen LogP) is 3.05. The van der Waals surface area contributed by atoms with Gasteiger partial charge in [0.05, 0.1) is 10.4 Å². The van der Waals surface area contributed by atoms with Crippen molar-refractivity contribution in [1.29, 1.82) is 0 Å². The summed E-state index contributed by atoms with van der Waals surface area (Å²) in [4.78, 5) is 29.4. The lowest BCUT2D eigenvalue weighted by Crippen LogP contribution is -2.42. The number of benzene rings is 2. The number of nitrogens with zero attached hydrogens (tertiary/aromatic N) is 2. The number of anilines is 1. The molecule has 0 radical (unpaired) electrons. The van der Waals surface area contributed by atoms with Gasteiger partial charge in [0.2, 0.25) is 5.91 Å². The Labute approximate surface area is 201 Å². The van der Waals surface area contributed by atoms with Gasteiger partial charge in [-0.2, -0.15) is 0 Å². The van der Waals surface area contributed by atoms with Crippen LogP contribution in [0.2, 0.25) is 0 Å². The van der Waals surface area contributed by atoms with Gasteiger partial charge in [-0.3, -0.25) is 9.52 Å². The maximum atomic E-state index is 12.8.